The Morgan fingerprint density at radius 1 is 1.29 bits per heavy atom. The molecule has 0 radical (unpaired) electrons. The number of halogens is 2. The van der Waals surface area contributed by atoms with Gasteiger partial charge < -0.3 is 5.73 Å². The van der Waals surface area contributed by atoms with Crippen molar-refractivity contribution in [1.29, 1.82) is 0 Å². The van der Waals surface area contributed by atoms with E-state index in [1.807, 2.05) is 6.07 Å². The Hall–Kier alpha value is 0.140. The maximum atomic E-state index is 6.22. The average molecular weight is 319 g/mol. The molecule has 0 unspecified atom stereocenters. The second kappa shape index (κ2) is 4.33. The molecule has 1 fully saturated rings. The maximum Gasteiger partial charge on any atom is 0.0335 e. The normalized spacial score (nSPS) is 19.1. The van der Waals surface area contributed by atoms with Crippen molar-refractivity contribution >= 4 is 31.9 Å². The third-order valence-corrected chi connectivity index (χ3v) is 4.19. The lowest BCUT2D eigenvalue weighted by Crippen LogP contribution is -2.27. The average Bonchev–Trinajstić information content (AvgIpc) is 2.06. The molecule has 2 rings (SSSR count). The summed E-state index contributed by atoms with van der Waals surface area (Å²) < 4.78 is 2.23. The highest BCUT2D eigenvalue weighted by atomic mass is 79.9. The molecular weight excluding hydrogens is 306 g/mol. The summed E-state index contributed by atoms with van der Waals surface area (Å²) in [5, 5.41) is 0. The molecule has 1 nitrogen and oxygen atoms in total. The van der Waals surface area contributed by atoms with Crippen molar-refractivity contribution in [2.45, 2.75) is 25.3 Å². The van der Waals surface area contributed by atoms with E-state index in [9.17, 15) is 0 Å². The van der Waals surface area contributed by atoms with Crippen LogP contribution in [-0.2, 0) is 0 Å². The van der Waals surface area contributed by atoms with Crippen molar-refractivity contribution in [2.75, 3.05) is 0 Å². The molecule has 1 aromatic rings. The van der Waals surface area contributed by atoms with Gasteiger partial charge in [-0.05, 0) is 42.5 Å². The Balaban J connectivity index is 2.24. The van der Waals surface area contributed by atoms with Crippen LogP contribution in [0.1, 0.15) is 30.9 Å². The predicted octanol–water partition coefficient (Wildman–Crippen LogP) is 4.01. The summed E-state index contributed by atoms with van der Waals surface area (Å²) in [6.07, 6.45) is 3.89. The molecule has 0 aromatic heterocycles. The highest BCUT2D eigenvalue weighted by molar-refractivity contribution is 9.11. The Labute approximate surface area is 101 Å². The molecule has 0 bridgehead atoms. The zero-order valence-electron chi connectivity index (χ0n) is 7.84. The van der Waals surface area contributed by atoms with Gasteiger partial charge in [-0.3, -0.25) is 0 Å². The third-order valence-electron chi connectivity index (χ3n) is 2.97. The zero-order valence-corrected chi connectivity index (χ0v) is 11.0. The number of rotatable bonds is 2. The number of benzene rings is 1. The van der Waals surface area contributed by atoms with Gasteiger partial charge in [-0.15, -0.1) is 0 Å². The van der Waals surface area contributed by atoms with E-state index in [4.69, 9.17) is 5.73 Å². The number of nitrogens with two attached hydrogens (primary N) is 1. The fourth-order valence-corrected chi connectivity index (χ4v) is 2.71. The Morgan fingerprint density at radius 3 is 2.57 bits per heavy atom. The molecule has 1 aromatic carbocycles. The van der Waals surface area contributed by atoms with Gasteiger partial charge in [-0.1, -0.05) is 38.3 Å². The van der Waals surface area contributed by atoms with Gasteiger partial charge in [0, 0.05) is 15.0 Å². The van der Waals surface area contributed by atoms with Crippen molar-refractivity contribution in [3.63, 3.8) is 0 Å². The quantitative estimate of drug-likeness (QED) is 0.876. The highest BCUT2D eigenvalue weighted by Crippen LogP contribution is 2.39. The molecule has 0 aliphatic heterocycles. The lowest BCUT2D eigenvalue weighted by Gasteiger charge is -2.32. The minimum atomic E-state index is 0.190. The van der Waals surface area contributed by atoms with E-state index in [0.29, 0.717) is 5.92 Å². The van der Waals surface area contributed by atoms with Gasteiger partial charge in [0.25, 0.3) is 0 Å². The van der Waals surface area contributed by atoms with Gasteiger partial charge >= 0.3 is 0 Å². The van der Waals surface area contributed by atoms with Crippen LogP contribution < -0.4 is 5.73 Å². The summed E-state index contributed by atoms with van der Waals surface area (Å²) in [6.45, 7) is 0. The SMILES string of the molecule is N[C@@H](c1cc(Br)ccc1Br)C1CCC1. The van der Waals surface area contributed by atoms with Gasteiger partial charge in [0.1, 0.15) is 0 Å². The van der Waals surface area contributed by atoms with Crippen molar-refractivity contribution in [3.05, 3.63) is 32.7 Å². The first-order chi connectivity index (χ1) is 6.68. The largest absolute Gasteiger partial charge is 0.324 e. The molecule has 1 atom stereocenters. The lowest BCUT2D eigenvalue weighted by atomic mass is 9.78. The summed E-state index contributed by atoms with van der Waals surface area (Å²) in [6, 6.07) is 6.39. The molecule has 3 heteroatoms. The first-order valence-corrected chi connectivity index (χ1v) is 6.47. The van der Waals surface area contributed by atoms with Crippen molar-refractivity contribution in [2.24, 2.45) is 11.7 Å². The van der Waals surface area contributed by atoms with Gasteiger partial charge in [-0.2, -0.15) is 0 Å². The maximum absolute atomic E-state index is 6.22. The van der Waals surface area contributed by atoms with E-state index in [1.165, 1.54) is 24.8 Å². The van der Waals surface area contributed by atoms with Crippen LogP contribution >= 0.6 is 31.9 Å². The molecule has 76 valence electrons. The van der Waals surface area contributed by atoms with Gasteiger partial charge in [-0.25, -0.2) is 0 Å². The Bertz CT molecular complexity index is 334. The summed E-state index contributed by atoms with van der Waals surface area (Å²) in [7, 11) is 0. The summed E-state index contributed by atoms with van der Waals surface area (Å²) >= 11 is 7.03. The number of hydrogen-bond donors (Lipinski definition) is 1. The summed E-state index contributed by atoms with van der Waals surface area (Å²) in [5.41, 5.74) is 7.45. The van der Waals surface area contributed by atoms with Crippen LogP contribution in [0.3, 0.4) is 0 Å². The standard InChI is InChI=1S/C11H13Br2N/c12-8-4-5-10(13)9(6-8)11(14)7-2-1-3-7/h4-7,11H,1-3,14H2/t11-/m1/s1. The molecule has 2 N–H and O–H groups in total. The Morgan fingerprint density at radius 2 is 2.00 bits per heavy atom. The zero-order chi connectivity index (χ0) is 10.1. The van der Waals surface area contributed by atoms with E-state index in [1.54, 1.807) is 0 Å². The molecule has 14 heavy (non-hydrogen) atoms. The van der Waals surface area contributed by atoms with Crippen LogP contribution in [0.25, 0.3) is 0 Å². The highest BCUT2D eigenvalue weighted by Gasteiger charge is 2.26. The molecule has 1 saturated carbocycles. The van der Waals surface area contributed by atoms with Gasteiger partial charge in [0.15, 0.2) is 0 Å². The lowest BCUT2D eigenvalue weighted by molar-refractivity contribution is 0.264. The molecule has 0 saturated heterocycles. The first-order valence-electron chi connectivity index (χ1n) is 4.89. The van der Waals surface area contributed by atoms with Crippen LogP contribution in [0.5, 0.6) is 0 Å². The molecule has 0 heterocycles. The molecule has 0 spiro atoms. The summed E-state index contributed by atoms with van der Waals surface area (Å²) in [5.74, 6) is 0.681. The monoisotopic (exact) mass is 317 g/mol. The predicted molar refractivity (Wildman–Crippen MR) is 66.1 cm³/mol. The van der Waals surface area contributed by atoms with Crippen LogP contribution in [0.15, 0.2) is 27.1 Å². The topological polar surface area (TPSA) is 26.0 Å². The van der Waals surface area contributed by atoms with Crippen LogP contribution in [0.4, 0.5) is 0 Å². The molecule has 1 aliphatic rings. The fraction of sp³-hybridized carbons (Fsp3) is 0.455. The minimum Gasteiger partial charge on any atom is -0.324 e. The van der Waals surface area contributed by atoms with E-state index in [-0.39, 0.29) is 6.04 Å². The van der Waals surface area contributed by atoms with Crippen LogP contribution in [0.2, 0.25) is 0 Å². The van der Waals surface area contributed by atoms with E-state index in [2.05, 4.69) is 44.0 Å². The minimum absolute atomic E-state index is 0.190. The fourth-order valence-electron chi connectivity index (χ4n) is 1.82. The second-order valence-electron chi connectivity index (χ2n) is 3.88. The van der Waals surface area contributed by atoms with Gasteiger partial charge in [0.05, 0.1) is 0 Å². The smallest absolute Gasteiger partial charge is 0.0335 e. The third kappa shape index (κ3) is 2.05. The molecular formula is C11H13Br2N. The van der Waals surface area contributed by atoms with Crippen molar-refractivity contribution in [1.82, 2.24) is 0 Å². The van der Waals surface area contributed by atoms with Crippen LogP contribution in [-0.4, -0.2) is 0 Å². The van der Waals surface area contributed by atoms with E-state index in [0.717, 1.165) is 8.95 Å². The molecule has 1 aliphatic carbocycles. The first kappa shape index (κ1) is 10.7. The Kier molecular flexibility index (Phi) is 3.30. The summed E-state index contributed by atoms with van der Waals surface area (Å²) in [4.78, 5) is 0. The van der Waals surface area contributed by atoms with Crippen molar-refractivity contribution in [3.8, 4) is 0 Å². The van der Waals surface area contributed by atoms with E-state index >= 15 is 0 Å². The van der Waals surface area contributed by atoms with Crippen LogP contribution in [0, 0.1) is 5.92 Å². The van der Waals surface area contributed by atoms with E-state index < -0.39 is 0 Å². The molecule has 0 amide bonds. The number of hydrogen-bond acceptors (Lipinski definition) is 1. The van der Waals surface area contributed by atoms with Crippen molar-refractivity contribution < 1.29 is 0 Å². The van der Waals surface area contributed by atoms with Gasteiger partial charge in [0.2, 0.25) is 0 Å². The second-order valence-corrected chi connectivity index (χ2v) is 5.65.